The largest absolute Gasteiger partial charge is 0.266 e. The fourth-order valence-electron chi connectivity index (χ4n) is 2.86. The monoisotopic (exact) mass is 411 g/mol. The molecule has 3 rings (SSSR count). The summed E-state index contributed by atoms with van der Waals surface area (Å²) in [6, 6.07) is 14.5. The van der Waals surface area contributed by atoms with Crippen LogP contribution in [-0.4, -0.2) is 20.7 Å². The third-order valence-corrected chi connectivity index (χ3v) is 7.44. The van der Waals surface area contributed by atoms with Gasteiger partial charge in [0.25, 0.3) is 10.0 Å². The Balaban J connectivity index is 2.07. The van der Waals surface area contributed by atoms with Crippen molar-refractivity contribution < 1.29 is 8.42 Å². The summed E-state index contributed by atoms with van der Waals surface area (Å²) in [7, 11) is -3.52. The van der Waals surface area contributed by atoms with Crippen molar-refractivity contribution in [3.05, 3.63) is 58.6 Å². The topological polar surface area (TPSA) is 37.4 Å². The molecule has 3 nitrogen and oxygen atoms in total. The number of anilines is 1. The molecule has 0 fully saturated rings. The lowest BCUT2D eigenvalue weighted by molar-refractivity contribution is 0.586. The third kappa shape index (κ3) is 3.30. The van der Waals surface area contributed by atoms with Crippen LogP contribution >= 0.6 is 27.7 Å². The van der Waals surface area contributed by atoms with E-state index in [-0.39, 0.29) is 0 Å². The maximum atomic E-state index is 13.0. The Morgan fingerprint density at radius 3 is 2.65 bits per heavy atom. The molecule has 1 aliphatic heterocycles. The van der Waals surface area contributed by atoms with Crippen molar-refractivity contribution in [2.45, 2.75) is 23.5 Å². The first-order valence-electron chi connectivity index (χ1n) is 7.53. The number of sulfonamides is 1. The number of fused-ring (bicyclic) bond motifs is 1. The van der Waals surface area contributed by atoms with Crippen molar-refractivity contribution >= 4 is 43.4 Å². The molecule has 0 spiro atoms. The molecular weight excluding hydrogens is 394 g/mol. The van der Waals surface area contributed by atoms with Gasteiger partial charge in [0.2, 0.25) is 0 Å². The van der Waals surface area contributed by atoms with Crippen LogP contribution in [0.15, 0.2) is 57.9 Å². The zero-order valence-corrected chi connectivity index (χ0v) is 16.0. The molecular formula is C17H18BrNO2S2. The van der Waals surface area contributed by atoms with Crippen LogP contribution in [-0.2, 0) is 10.0 Å². The van der Waals surface area contributed by atoms with E-state index in [1.165, 1.54) is 0 Å². The van der Waals surface area contributed by atoms with Gasteiger partial charge in [-0.3, -0.25) is 4.31 Å². The van der Waals surface area contributed by atoms with E-state index in [2.05, 4.69) is 28.9 Å². The highest BCUT2D eigenvalue weighted by Gasteiger charge is 2.33. The number of thioether (sulfide) groups is 1. The Bertz CT molecular complexity index is 793. The lowest BCUT2D eigenvalue weighted by Gasteiger charge is -2.34. The van der Waals surface area contributed by atoms with Crippen molar-refractivity contribution in [3.8, 4) is 0 Å². The maximum absolute atomic E-state index is 13.0. The van der Waals surface area contributed by atoms with E-state index in [9.17, 15) is 8.42 Å². The summed E-state index contributed by atoms with van der Waals surface area (Å²) in [6.07, 6.45) is 0.827. The average Bonchev–Trinajstić information content (AvgIpc) is 2.56. The molecule has 23 heavy (non-hydrogen) atoms. The van der Waals surface area contributed by atoms with Gasteiger partial charge in [-0.25, -0.2) is 8.42 Å². The van der Waals surface area contributed by atoms with Gasteiger partial charge in [0.15, 0.2) is 0 Å². The number of benzene rings is 2. The minimum absolute atomic E-state index is 0.342. The fourth-order valence-corrected chi connectivity index (χ4v) is 5.81. The summed E-state index contributed by atoms with van der Waals surface area (Å²) in [5.41, 5.74) is 1.89. The van der Waals surface area contributed by atoms with Crippen LogP contribution in [0.25, 0.3) is 0 Å². The van der Waals surface area contributed by atoms with Crippen molar-refractivity contribution in [3.63, 3.8) is 0 Å². The first-order valence-corrected chi connectivity index (χ1v) is 10.8. The summed E-state index contributed by atoms with van der Waals surface area (Å²) in [6.45, 7) is 2.65. The second-order valence-electron chi connectivity index (χ2n) is 5.33. The van der Waals surface area contributed by atoms with E-state index < -0.39 is 10.0 Å². The first-order chi connectivity index (χ1) is 11.0. The molecule has 0 aliphatic carbocycles. The van der Waals surface area contributed by atoms with Gasteiger partial charge < -0.3 is 0 Å². The average molecular weight is 412 g/mol. The normalized spacial score (nSPS) is 17.8. The maximum Gasteiger partial charge on any atom is 0.264 e. The van der Waals surface area contributed by atoms with Crippen molar-refractivity contribution in [2.75, 3.05) is 16.6 Å². The van der Waals surface area contributed by atoms with E-state index in [4.69, 9.17) is 0 Å². The highest BCUT2D eigenvalue weighted by molar-refractivity contribution is 9.10. The van der Waals surface area contributed by atoms with Crippen LogP contribution in [0.3, 0.4) is 0 Å². The molecule has 1 atom stereocenters. The molecule has 0 aromatic heterocycles. The smallest absolute Gasteiger partial charge is 0.264 e. The predicted octanol–water partition coefficient (Wildman–Crippen LogP) is 4.84. The molecule has 122 valence electrons. The SMILES string of the molecule is CCSC1CCN(S(=O)(=O)c2ccccc2)c2ccc(Br)cc21. The Morgan fingerprint density at radius 1 is 1.22 bits per heavy atom. The minimum atomic E-state index is -3.52. The molecule has 1 heterocycles. The number of hydrogen-bond donors (Lipinski definition) is 0. The van der Waals surface area contributed by atoms with Gasteiger partial charge in [-0.05, 0) is 48.1 Å². The van der Waals surface area contributed by atoms with Gasteiger partial charge in [0.05, 0.1) is 10.6 Å². The molecule has 6 heteroatoms. The van der Waals surface area contributed by atoms with Gasteiger partial charge in [-0.2, -0.15) is 11.8 Å². The molecule has 0 amide bonds. The molecule has 2 aromatic carbocycles. The van der Waals surface area contributed by atoms with Crippen molar-refractivity contribution in [1.29, 1.82) is 0 Å². The van der Waals surface area contributed by atoms with E-state index in [1.54, 1.807) is 28.6 Å². The Morgan fingerprint density at radius 2 is 1.96 bits per heavy atom. The molecule has 1 aliphatic rings. The summed E-state index contributed by atoms with van der Waals surface area (Å²) in [5, 5.41) is 0.342. The number of rotatable bonds is 4. The van der Waals surface area contributed by atoms with Crippen LogP contribution in [0.2, 0.25) is 0 Å². The number of nitrogens with zero attached hydrogens (tertiary/aromatic N) is 1. The Kier molecular flexibility index (Phi) is 5.04. The third-order valence-electron chi connectivity index (χ3n) is 3.90. The molecule has 0 N–H and O–H groups in total. The second kappa shape index (κ2) is 6.87. The van der Waals surface area contributed by atoms with Gasteiger partial charge in [0.1, 0.15) is 0 Å². The van der Waals surface area contributed by atoms with Crippen LogP contribution in [0, 0.1) is 0 Å². The van der Waals surface area contributed by atoms with Gasteiger partial charge in [-0.1, -0.05) is 41.1 Å². The number of hydrogen-bond acceptors (Lipinski definition) is 3. The van der Waals surface area contributed by atoms with Crippen LogP contribution in [0.1, 0.15) is 24.2 Å². The zero-order chi connectivity index (χ0) is 16.4. The Hall–Kier alpha value is -0.980. The lowest BCUT2D eigenvalue weighted by Crippen LogP contribution is -2.36. The standard InChI is InChI=1S/C17H18BrNO2S2/c1-2-22-17-10-11-19(16-9-8-13(18)12-15(16)17)23(20,21)14-6-4-3-5-7-14/h3-9,12,17H,2,10-11H2,1H3. The van der Waals surface area contributed by atoms with Crippen LogP contribution in [0.5, 0.6) is 0 Å². The minimum Gasteiger partial charge on any atom is -0.266 e. The summed E-state index contributed by atoms with van der Waals surface area (Å²) in [4.78, 5) is 0.343. The second-order valence-corrected chi connectivity index (χ2v) is 9.58. The zero-order valence-electron chi connectivity index (χ0n) is 12.8. The molecule has 0 bridgehead atoms. The summed E-state index contributed by atoms with van der Waals surface area (Å²) in [5.74, 6) is 1.02. The quantitative estimate of drug-likeness (QED) is 0.721. The first kappa shape index (κ1) is 16.9. The van der Waals surface area contributed by atoms with E-state index in [0.29, 0.717) is 16.7 Å². The van der Waals surface area contributed by atoms with Crippen LogP contribution < -0.4 is 4.31 Å². The lowest BCUT2D eigenvalue weighted by atomic mass is 10.0. The van der Waals surface area contributed by atoms with Crippen molar-refractivity contribution in [2.24, 2.45) is 0 Å². The molecule has 0 saturated heterocycles. The highest BCUT2D eigenvalue weighted by Crippen LogP contribution is 2.44. The predicted molar refractivity (Wildman–Crippen MR) is 101 cm³/mol. The van der Waals surface area contributed by atoms with Gasteiger partial charge >= 0.3 is 0 Å². The molecule has 0 radical (unpaired) electrons. The molecule has 2 aromatic rings. The molecule has 0 saturated carbocycles. The Labute approximate surface area is 150 Å². The van der Waals surface area contributed by atoms with E-state index in [0.717, 1.165) is 27.9 Å². The van der Waals surface area contributed by atoms with Gasteiger partial charge in [0, 0.05) is 16.3 Å². The fraction of sp³-hybridized carbons (Fsp3) is 0.294. The van der Waals surface area contributed by atoms with Gasteiger partial charge in [-0.15, -0.1) is 0 Å². The molecule has 1 unspecified atom stereocenters. The summed E-state index contributed by atoms with van der Waals surface area (Å²) >= 11 is 5.38. The van der Waals surface area contributed by atoms with E-state index in [1.807, 2.05) is 30.0 Å². The number of halogens is 1. The summed E-state index contributed by atoms with van der Waals surface area (Å²) < 4.78 is 28.5. The van der Waals surface area contributed by atoms with E-state index >= 15 is 0 Å². The van der Waals surface area contributed by atoms with Crippen LogP contribution in [0.4, 0.5) is 5.69 Å². The highest BCUT2D eigenvalue weighted by atomic mass is 79.9. The van der Waals surface area contributed by atoms with Crippen molar-refractivity contribution in [1.82, 2.24) is 0 Å².